The lowest BCUT2D eigenvalue weighted by molar-refractivity contribution is -0.0127. The van der Waals surface area contributed by atoms with Crippen molar-refractivity contribution in [3.63, 3.8) is 0 Å². The number of ether oxygens (including phenoxy) is 3. The van der Waals surface area contributed by atoms with Crippen LogP contribution in [0.25, 0.3) is 0 Å². The number of hydrogen-bond acceptors (Lipinski definition) is 4. The smallest absolute Gasteiger partial charge is 0.434 e. The van der Waals surface area contributed by atoms with Gasteiger partial charge >= 0.3 is 6.16 Å². The van der Waals surface area contributed by atoms with Crippen LogP contribution in [0.4, 0.5) is 4.79 Å². The Bertz CT molecular complexity index is 185. The van der Waals surface area contributed by atoms with Crippen molar-refractivity contribution in [1.82, 2.24) is 0 Å². The van der Waals surface area contributed by atoms with Gasteiger partial charge in [-0.25, -0.2) is 4.79 Å². The number of halogens is 1. The fraction of sp³-hybridized carbons (Fsp3) is 0.917. The molecule has 5 heteroatoms. The predicted molar refractivity (Wildman–Crippen MR) is 72.8 cm³/mol. The van der Waals surface area contributed by atoms with Gasteiger partial charge in [0.15, 0.2) is 0 Å². The Balaban J connectivity index is 0. The Morgan fingerprint density at radius 3 is 2.35 bits per heavy atom. The molecule has 0 aliphatic carbocycles. The second-order valence-corrected chi connectivity index (χ2v) is 4.31. The van der Waals surface area contributed by atoms with E-state index in [1.54, 1.807) is 6.92 Å². The number of hydrogen-bond donors (Lipinski definition) is 0. The first-order valence-electron chi connectivity index (χ1n) is 5.97. The second-order valence-electron chi connectivity index (χ2n) is 4.31. The lowest BCUT2D eigenvalue weighted by atomic mass is 10.2. The van der Waals surface area contributed by atoms with E-state index in [2.05, 4.69) is 6.92 Å². The number of carbonyl (C=O) groups is 1. The van der Waals surface area contributed by atoms with Gasteiger partial charge in [0.25, 0.3) is 0 Å². The SMILES string of the molecule is Br.CCCCOCC(C)OC(=O)OCC(C)C. The fourth-order valence-electron chi connectivity index (χ4n) is 0.963. The molecule has 17 heavy (non-hydrogen) atoms. The van der Waals surface area contributed by atoms with Crippen molar-refractivity contribution in [2.45, 2.75) is 46.6 Å². The van der Waals surface area contributed by atoms with E-state index in [0.29, 0.717) is 25.7 Å². The third kappa shape index (κ3) is 13.6. The van der Waals surface area contributed by atoms with Crippen LogP contribution in [0, 0.1) is 5.92 Å². The van der Waals surface area contributed by atoms with E-state index in [1.807, 2.05) is 13.8 Å². The maximum absolute atomic E-state index is 11.1. The minimum absolute atomic E-state index is 0. The van der Waals surface area contributed by atoms with E-state index in [9.17, 15) is 4.79 Å². The van der Waals surface area contributed by atoms with E-state index in [1.165, 1.54) is 0 Å². The zero-order chi connectivity index (χ0) is 12.4. The van der Waals surface area contributed by atoms with Gasteiger partial charge in [0.1, 0.15) is 6.10 Å². The highest BCUT2D eigenvalue weighted by Crippen LogP contribution is 1.99. The molecule has 0 aromatic carbocycles. The highest BCUT2D eigenvalue weighted by Gasteiger charge is 2.11. The summed E-state index contributed by atoms with van der Waals surface area (Å²) in [6.07, 6.45) is 1.27. The molecule has 104 valence electrons. The maximum atomic E-state index is 11.1. The van der Waals surface area contributed by atoms with Crippen molar-refractivity contribution in [2.75, 3.05) is 19.8 Å². The molecule has 0 heterocycles. The molecule has 0 aromatic rings. The summed E-state index contributed by atoms with van der Waals surface area (Å²) in [4.78, 5) is 11.1. The van der Waals surface area contributed by atoms with Gasteiger partial charge < -0.3 is 14.2 Å². The Kier molecular flexibility index (Phi) is 13.6. The van der Waals surface area contributed by atoms with Gasteiger partial charge in [-0.15, -0.1) is 17.0 Å². The van der Waals surface area contributed by atoms with Gasteiger partial charge in [-0.2, -0.15) is 0 Å². The van der Waals surface area contributed by atoms with Gasteiger partial charge in [-0.1, -0.05) is 27.2 Å². The zero-order valence-electron chi connectivity index (χ0n) is 11.2. The van der Waals surface area contributed by atoms with Crippen molar-refractivity contribution in [3.05, 3.63) is 0 Å². The first kappa shape index (κ1) is 19.1. The third-order valence-electron chi connectivity index (χ3n) is 1.83. The predicted octanol–water partition coefficient (Wildman–Crippen LogP) is 3.58. The Morgan fingerprint density at radius 1 is 1.18 bits per heavy atom. The van der Waals surface area contributed by atoms with E-state index in [4.69, 9.17) is 14.2 Å². The van der Waals surface area contributed by atoms with Crippen molar-refractivity contribution < 1.29 is 19.0 Å². The normalized spacial score (nSPS) is 11.8. The lowest BCUT2D eigenvalue weighted by Crippen LogP contribution is -2.22. The van der Waals surface area contributed by atoms with Gasteiger partial charge in [-0.3, -0.25) is 0 Å². The number of rotatable bonds is 8. The van der Waals surface area contributed by atoms with Crippen LogP contribution >= 0.6 is 17.0 Å². The summed E-state index contributed by atoms with van der Waals surface area (Å²) in [7, 11) is 0. The minimum atomic E-state index is -0.611. The van der Waals surface area contributed by atoms with Gasteiger partial charge in [0.05, 0.1) is 13.2 Å². The summed E-state index contributed by atoms with van der Waals surface area (Å²) in [5.74, 6) is 0.323. The van der Waals surface area contributed by atoms with Crippen LogP contribution in [0.2, 0.25) is 0 Å². The Morgan fingerprint density at radius 2 is 1.82 bits per heavy atom. The van der Waals surface area contributed by atoms with Crippen LogP contribution in [-0.4, -0.2) is 32.1 Å². The standard InChI is InChI=1S/C12H24O4.BrH/c1-5-6-7-14-9-11(4)16-12(13)15-8-10(2)3;/h10-11H,5-9H2,1-4H3;1H. The molecular weight excluding hydrogens is 288 g/mol. The second kappa shape index (κ2) is 12.2. The molecule has 4 nitrogen and oxygen atoms in total. The van der Waals surface area contributed by atoms with Crippen molar-refractivity contribution in [2.24, 2.45) is 5.92 Å². The molecule has 0 N–H and O–H groups in total. The van der Waals surface area contributed by atoms with Crippen LogP contribution in [0.5, 0.6) is 0 Å². The summed E-state index contributed by atoms with van der Waals surface area (Å²) in [6, 6.07) is 0. The van der Waals surface area contributed by atoms with Crippen LogP contribution in [0.15, 0.2) is 0 Å². The average Bonchev–Trinajstić information content (AvgIpc) is 2.21. The molecular formula is C12H25BrO4. The third-order valence-corrected chi connectivity index (χ3v) is 1.83. The summed E-state index contributed by atoms with van der Waals surface area (Å²) in [6.45, 7) is 9.38. The Hall–Kier alpha value is -0.290. The van der Waals surface area contributed by atoms with Gasteiger partial charge in [0, 0.05) is 6.61 Å². The first-order chi connectivity index (χ1) is 7.56. The average molecular weight is 313 g/mol. The van der Waals surface area contributed by atoms with E-state index < -0.39 is 6.16 Å². The summed E-state index contributed by atoms with van der Waals surface area (Å²) >= 11 is 0. The molecule has 0 aliphatic rings. The van der Waals surface area contributed by atoms with Crippen molar-refractivity contribution in [1.29, 1.82) is 0 Å². The molecule has 0 bridgehead atoms. The minimum Gasteiger partial charge on any atom is -0.434 e. The van der Waals surface area contributed by atoms with Gasteiger partial charge in [-0.05, 0) is 19.3 Å². The summed E-state index contributed by atoms with van der Waals surface area (Å²) < 4.78 is 15.2. The molecule has 0 fully saturated rings. The van der Waals surface area contributed by atoms with Crippen LogP contribution < -0.4 is 0 Å². The molecule has 0 aromatic heterocycles. The first-order valence-corrected chi connectivity index (χ1v) is 5.97. The van der Waals surface area contributed by atoms with Crippen LogP contribution in [0.1, 0.15) is 40.5 Å². The largest absolute Gasteiger partial charge is 0.508 e. The molecule has 0 saturated heterocycles. The van der Waals surface area contributed by atoms with Crippen molar-refractivity contribution in [3.8, 4) is 0 Å². The molecule has 1 unspecified atom stereocenters. The van der Waals surface area contributed by atoms with E-state index >= 15 is 0 Å². The topological polar surface area (TPSA) is 44.8 Å². The van der Waals surface area contributed by atoms with Gasteiger partial charge in [0.2, 0.25) is 0 Å². The molecule has 0 radical (unpaired) electrons. The summed E-state index contributed by atoms with van der Waals surface area (Å²) in [5.41, 5.74) is 0. The maximum Gasteiger partial charge on any atom is 0.508 e. The lowest BCUT2D eigenvalue weighted by Gasteiger charge is -2.14. The highest BCUT2D eigenvalue weighted by molar-refractivity contribution is 8.93. The Labute approximate surface area is 115 Å². The van der Waals surface area contributed by atoms with Crippen molar-refractivity contribution >= 4 is 23.1 Å². The number of carbonyl (C=O) groups excluding carboxylic acids is 1. The molecule has 0 spiro atoms. The molecule has 0 rings (SSSR count). The van der Waals surface area contributed by atoms with Crippen LogP contribution in [0.3, 0.4) is 0 Å². The molecule has 0 saturated carbocycles. The zero-order valence-corrected chi connectivity index (χ0v) is 12.9. The molecule has 0 aliphatic heterocycles. The fourth-order valence-corrected chi connectivity index (χ4v) is 0.963. The molecule has 1 atom stereocenters. The molecule has 0 amide bonds. The highest BCUT2D eigenvalue weighted by atomic mass is 79.9. The van der Waals surface area contributed by atoms with E-state index in [-0.39, 0.29) is 23.1 Å². The summed E-state index contributed by atoms with van der Waals surface area (Å²) in [5, 5.41) is 0. The van der Waals surface area contributed by atoms with Crippen LogP contribution in [-0.2, 0) is 14.2 Å². The number of unbranched alkanes of at least 4 members (excludes halogenated alkanes) is 1. The monoisotopic (exact) mass is 312 g/mol. The quantitative estimate of drug-likeness (QED) is 0.507. The van der Waals surface area contributed by atoms with E-state index in [0.717, 1.165) is 12.8 Å².